The molecule has 0 saturated carbocycles. The Kier molecular flexibility index (Phi) is 7.61. The molecule has 0 spiro atoms. The van der Waals surface area contributed by atoms with E-state index in [4.69, 9.17) is 34.7 Å². The number of para-hydroxylation sites is 1. The number of rotatable bonds is 7. The monoisotopic (exact) mass is 528 g/mol. The highest BCUT2D eigenvalue weighted by atomic mass is 35.5. The Hall–Kier alpha value is -1.77. The van der Waals surface area contributed by atoms with Gasteiger partial charge in [-0.15, -0.1) is 10.2 Å². The van der Waals surface area contributed by atoms with Gasteiger partial charge >= 0.3 is 0 Å². The zero-order chi connectivity index (χ0) is 24.4. The summed E-state index contributed by atoms with van der Waals surface area (Å²) in [5, 5.41) is 4.96. The van der Waals surface area contributed by atoms with E-state index in [1.165, 1.54) is 4.90 Å². The van der Waals surface area contributed by atoms with E-state index in [9.17, 15) is 0 Å². The van der Waals surface area contributed by atoms with Crippen molar-refractivity contribution in [2.24, 2.45) is 11.5 Å². The number of halogens is 2. The molecule has 0 bridgehead atoms. The Morgan fingerprint density at radius 3 is 2.11 bits per heavy atom. The second kappa shape index (κ2) is 10.7. The largest absolute Gasteiger partial charge is 0.359 e. The second-order valence-corrected chi connectivity index (χ2v) is 13.3. The smallest absolute Gasteiger partial charge is 0.0642 e. The zero-order valence-corrected chi connectivity index (χ0v) is 22.0. The molecule has 3 aromatic carbocycles. The van der Waals surface area contributed by atoms with Crippen LogP contribution in [0.2, 0.25) is 10.0 Å². The molecule has 35 heavy (non-hydrogen) atoms. The number of benzene rings is 3. The van der Waals surface area contributed by atoms with E-state index in [-0.39, 0.29) is 12.1 Å². The summed E-state index contributed by atoms with van der Waals surface area (Å²) in [6.07, 6.45) is 0. The predicted octanol–water partition coefficient (Wildman–Crippen LogP) is 4.95. The number of hydrogen-bond acceptors (Lipinski definition) is 5. The Bertz CT molecular complexity index is 1140. The highest BCUT2D eigenvalue weighted by Crippen LogP contribution is 2.67. The summed E-state index contributed by atoms with van der Waals surface area (Å²) in [5.41, 5.74) is 17.0. The normalized spacial score (nSPS) is 23.9. The van der Waals surface area contributed by atoms with Crippen LogP contribution in [0, 0.1) is 6.07 Å². The van der Waals surface area contributed by atoms with Gasteiger partial charge in [0.2, 0.25) is 0 Å². The molecule has 0 aliphatic carbocycles. The molecular formula is C27H32Cl2N5S. The van der Waals surface area contributed by atoms with Gasteiger partial charge in [-0.25, -0.2) is 0 Å². The molecule has 185 valence electrons. The van der Waals surface area contributed by atoms with Gasteiger partial charge < -0.3 is 21.7 Å². The fraction of sp³-hybridized carbons (Fsp3) is 0.333. The van der Waals surface area contributed by atoms with E-state index in [2.05, 4.69) is 44.9 Å². The Morgan fingerprint density at radius 1 is 0.886 bits per heavy atom. The van der Waals surface area contributed by atoms with Crippen LogP contribution in [0.1, 0.15) is 23.2 Å². The minimum Gasteiger partial charge on any atom is -0.359 e. The van der Waals surface area contributed by atoms with Crippen molar-refractivity contribution in [3.8, 4) is 0 Å². The van der Waals surface area contributed by atoms with Crippen molar-refractivity contribution >= 4 is 39.1 Å². The van der Waals surface area contributed by atoms with Crippen molar-refractivity contribution in [1.29, 1.82) is 0 Å². The number of nitrogens with zero attached hydrogens (tertiary/aromatic N) is 2. The van der Waals surface area contributed by atoms with E-state index >= 15 is 0 Å². The van der Waals surface area contributed by atoms with E-state index in [1.807, 2.05) is 42.5 Å². The summed E-state index contributed by atoms with van der Waals surface area (Å²) >= 11 is 12.3. The maximum absolute atomic E-state index is 6.90. The lowest BCUT2D eigenvalue weighted by atomic mass is 10.1. The number of hydrogen-bond donors (Lipinski definition) is 3. The maximum atomic E-state index is 6.90. The van der Waals surface area contributed by atoms with Crippen molar-refractivity contribution in [1.82, 2.24) is 9.62 Å². The van der Waals surface area contributed by atoms with Crippen LogP contribution < -0.4 is 21.7 Å². The van der Waals surface area contributed by atoms with Crippen LogP contribution in [0.5, 0.6) is 0 Å². The fourth-order valence-electron chi connectivity index (χ4n) is 5.12. The summed E-state index contributed by atoms with van der Waals surface area (Å²) < 4.78 is 2.69. The van der Waals surface area contributed by atoms with Crippen LogP contribution in [0.4, 0.5) is 5.69 Å². The number of nitrogens with two attached hydrogens (primary N) is 2. The van der Waals surface area contributed by atoms with Crippen molar-refractivity contribution in [2.75, 3.05) is 49.3 Å². The van der Waals surface area contributed by atoms with E-state index in [0.29, 0.717) is 6.54 Å². The highest BCUT2D eigenvalue weighted by Gasteiger charge is 2.44. The van der Waals surface area contributed by atoms with Crippen LogP contribution in [0.3, 0.4) is 0 Å². The molecule has 5 rings (SSSR count). The molecule has 3 atom stereocenters. The van der Waals surface area contributed by atoms with Crippen LogP contribution in [-0.2, 0) is 0 Å². The van der Waals surface area contributed by atoms with Crippen molar-refractivity contribution in [3.05, 3.63) is 94.0 Å². The van der Waals surface area contributed by atoms with Gasteiger partial charge in [-0.05, 0) is 41.5 Å². The van der Waals surface area contributed by atoms with Gasteiger partial charge in [0, 0.05) is 71.6 Å². The van der Waals surface area contributed by atoms with Crippen molar-refractivity contribution in [3.63, 3.8) is 0 Å². The standard InChI is InChI=1S/C27H32Cl2N5S/c28-22-9-5-20(6-10-22)24(30)17-33-19-35(34-15-13-32-14-16-34,27-4-2-1-3-26(27)33)18-25(31)21-7-11-23(29)12-8-21/h1-2,4-12,24-25,32H,13-19,30-31H2. The Balaban J connectivity index is 1.48. The molecule has 5 nitrogen and oxygen atoms in total. The molecular weight excluding hydrogens is 497 g/mol. The van der Waals surface area contributed by atoms with Gasteiger partial charge in [-0.2, -0.15) is 0 Å². The Morgan fingerprint density at radius 2 is 1.49 bits per heavy atom. The molecule has 2 heterocycles. The molecule has 0 amide bonds. The third-order valence-electron chi connectivity index (χ3n) is 6.93. The van der Waals surface area contributed by atoms with Gasteiger partial charge in [-0.1, -0.05) is 59.6 Å². The van der Waals surface area contributed by atoms with E-state index in [1.54, 1.807) is 0 Å². The molecule has 3 aromatic rings. The van der Waals surface area contributed by atoms with Crippen LogP contribution >= 0.6 is 33.4 Å². The predicted molar refractivity (Wildman–Crippen MR) is 149 cm³/mol. The van der Waals surface area contributed by atoms with Gasteiger partial charge in [0.15, 0.2) is 0 Å². The zero-order valence-electron chi connectivity index (χ0n) is 19.7. The molecule has 8 heteroatoms. The average Bonchev–Trinajstić information content (AvgIpc) is 3.19. The Labute approximate surface area is 219 Å². The first kappa shape index (κ1) is 24.9. The minimum absolute atomic E-state index is 0.0879. The first-order chi connectivity index (χ1) is 17.0. The molecule has 5 N–H and O–H groups in total. The lowest BCUT2D eigenvalue weighted by Gasteiger charge is -2.49. The van der Waals surface area contributed by atoms with Gasteiger partial charge in [0.25, 0.3) is 0 Å². The molecule has 1 fully saturated rings. The lowest BCUT2D eigenvalue weighted by Crippen LogP contribution is -2.47. The van der Waals surface area contributed by atoms with Crippen LogP contribution in [0.15, 0.2) is 71.6 Å². The quantitative estimate of drug-likeness (QED) is 0.404. The van der Waals surface area contributed by atoms with Gasteiger partial charge in [-0.3, -0.25) is 4.31 Å². The molecule has 1 saturated heterocycles. The maximum Gasteiger partial charge on any atom is 0.0642 e. The average molecular weight is 530 g/mol. The number of piperazine rings is 1. The van der Waals surface area contributed by atoms with E-state index in [0.717, 1.165) is 64.7 Å². The van der Waals surface area contributed by atoms with Gasteiger partial charge in [0.1, 0.15) is 0 Å². The van der Waals surface area contributed by atoms with Gasteiger partial charge in [0.05, 0.1) is 11.6 Å². The highest BCUT2D eigenvalue weighted by molar-refractivity contribution is 8.32. The number of fused-ring (bicyclic) bond motifs is 1. The third-order valence-corrected chi connectivity index (χ3v) is 11.6. The van der Waals surface area contributed by atoms with E-state index < -0.39 is 10.2 Å². The third kappa shape index (κ3) is 5.20. The summed E-state index contributed by atoms with van der Waals surface area (Å²) in [6.45, 7) is 4.70. The first-order valence-corrected chi connectivity index (χ1v) is 14.7. The minimum atomic E-state index is -1.41. The molecule has 2 aliphatic rings. The van der Waals surface area contributed by atoms with Crippen LogP contribution in [0.25, 0.3) is 0 Å². The number of anilines is 1. The topological polar surface area (TPSA) is 70.5 Å². The second-order valence-electron chi connectivity index (χ2n) is 9.24. The fourth-order valence-corrected chi connectivity index (χ4v) is 9.75. The SMILES string of the molecule is NC(CN1CS(CC(N)c2ccc(Cl)cc2)(N2CCNCC2)c2ccc[c]c21)c1ccc(Cl)cc1. The molecule has 3 unspecified atom stereocenters. The number of nitrogens with one attached hydrogen (secondary N) is 1. The summed E-state index contributed by atoms with van der Waals surface area (Å²) in [5.74, 6) is 1.79. The van der Waals surface area contributed by atoms with Crippen molar-refractivity contribution in [2.45, 2.75) is 17.0 Å². The summed E-state index contributed by atoms with van der Waals surface area (Å²) in [7, 11) is -1.41. The molecule has 0 aromatic heterocycles. The molecule has 1 radical (unpaired) electrons. The summed E-state index contributed by atoms with van der Waals surface area (Å²) in [6, 6.07) is 25.5. The first-order valence-electron chi connectivity index (χ1n) is 12.0. The summed E-state index contributed by atoms with van der Waals surface area (Å²) in [4.78, 5) is 3.80. The lowest BCUT2D eigenvalue weighted by molar-refractivity contribution is 0.385. The van der Waals surface area contributed by atoms with Crippen molar-refractivity contribution < 1.29 is 0 Å². The van der Waals surface area contributed by atoms with Crippen LogP contribution in [-0.4, -0.2) is 48.7 Å². The molecule has 2 aliphatic heterocycles.